The van der Waals surface area contributed by atoms with E-state index in [1.54, 1.807) is 18.2 Å². The first-order valence-corrected chi connectivity index (χ1v) is 7.06. The molecule has 5 heteroatoms. The standard InChI is InChI=1S/C16H11Cl2NO2/c17-13-6-3-7-14(15(13)18)21-16-12-5-2-1-4-10(12)8-11(9-20)19-16/h1-8,20H,9H2. The first-order valence-electron chi connectivity index (χ1n) is 6.30. The molecule has 3 rings (SSSR count). The lowest BCUT2D eigenvalue weighted by Gasteiger charge is -2.11. The fourth-order valence-electron chi connectivity index (χ4n) is 2.05. The number of hydrogen-bond acceptors (Lipinski definition) is 3. The van der Waals surface area contributed by atoms with Crippen molar-refractivity contribution < 1.29 is 9.84 Å². The maximum atomic E-state index is 9.32. The molecule has 0 unspecified atom stereocenters. The van der Waals surface area contributed by atoms with Crippen LogP contribution >= 0.6 is 23.2 Å². The molecule has 0 aliphatic carbocycles. The number of halogens is 2. The topological polar surface area (TPSA) is 42.4 Å². The molecular weight excluding hydrogens is 309 g/mol. The number of benzene rings is 2. The van der Waals surface area contributed by atoms with Crippen LogP contribution in [0.3, 0.4) is 0 Å². The molecule has 3 aromatic rings. The predicted octanol–water partition coefficient (Wildman–Crippen LogP) is 4.83. The minimum absolute atomic E-state index is 0.162. The lowest BCUT2D eigenvalue weighted by molar-refractivity contribution is 0.275. The lowest BCUT2D eigenvalue weighted by Crippen LogP contribution is -1.95. The summed E-state index contributed by atoms with van der Waals surface area (Å²) >= 11 is 12.1. The van der Waals surface area contributed by atoms with Gasteiger partial charge in [-0.15, -0.1) is 0 Å². The number of nitrogens with zero attached hydrogens (tertiary/aromatic N) is 1. The molecule has 1 N–H and O–H groups in total. The molecule has 0 aliphatic rings. The lowest BCUT2D eigenvalue weighted by atomic mass is 10.1. The summed E-state index contributed by atoms with van der Waals surface area (Å²) in [4.78, 5) is 4.31. The molecule has 3 nitrogen and oxygen atoms in total. The van der Waals surface area contributed by atoms with Crippen LogP contribution in [0.25, 0.3) is 10.8 Å². The third kappa shape index (κ3) is 2.81. The van der Waals surface area contributed by atoms with Crippen LogP contribution in [0.15, 0.2) is 48.5 Å². The largest absolute Gasteiger partial charge is 0.437 e. The third-order valence-electron chi connectivity index (χ3n) is 3.04. The van der Waals surface area contributed by atoms with Crippen LogP contribution in [0.1, 0.15) is 5.69 Å². The second-order valence-electron chi connectivity index (χ2n) is 4.45. The Hall–Kier alpha value is -1.81. The summed E-state index contributed by atoms with van der Waals surface area (Å²) in [6.07, 6.45) is 0. The molecule has 0 saturated carbocycles. The summed E-state index contributed by atoms with van der Waals surface area (Å²) < 4.78 is 5.81. The zero-order valence-corrected chi connectivity index (χ0v) is 12.4. The van der Waals surface area contributed by atoms with Gasteiger partial charge in [-0.25, -0.2) is 4.98 Å². The maximum Gasteiger partial charge on any atom is 0.227 e. The number of hydrogen-bond donors (Lipinski definition) is 1. The summed E-state index contributed by atoms with van der Waals surface area (Å²) in [6, 6.07) is 14.6. The van der Waals surface area contributed by atoms with Crippen molar-refractivity contribution in [1.82, 2.24) is 4.98 Å². The molecule has 0 saturated heterocycles. The van der Waals surface area contributed by atoms with Crippen LogP contribution in [0.5, 0.6) is 11.6 Å². The highest BCUT2D eigenvalue weighted by atomic mass is 35.5. The summed E-state index contributed by atoms with van der Waals surface area (Å²) in [6.45, 7) is -0.162. The number of aliphatic hydroxyl groups excluding tert-OH is 1. The molecular formula is C16H11Cl2NO2. The van der Waals surface area contributed by atoms with Gasteiger partial charge in [0.2, 0.25) is 5.88 Å². The number of rotatable bonds is 3. The van der Waals surface area contributed by atoms with Gasteiger partial charge in [-0.3, -0.25) is 0 Å². The van der Waals surface area contributed by atoms with Gasteiger partial charge in [0.25, 0.3) is 0 Å². The molecule has 21 heavy (non-hydrogen) atoms. The zero-order valence-electron chi connectivity index (χ0n) is 10.9. The zero-order chi connectivity index (χ0) is 14.8. The smallest absolute Gasteiger partial charge is 0.227 e. The van der Waals surface area contributed by atoms with E-state index < -0.39 is 0 Å². The maximum absolute atomic E-state index is 9.32. The van der Waals surface area contributed by atoms with Crippen molar-refractivity contribution in [1.29, 1.82) is 0 Å². The van der Waals surface area contributed by atoms with Crippen LogP contribution in [0.2, 0.25) is 10.0 Å². The van der Waals surface area contributed by atoms with Gasteiger partial charge in [-0.1, -0.05) is 47.5 Å². The van der Waals surface area contributed by atoms with E-state index >= 15 is 0 Å². The molecule has 2 aromatic carbocycles. The van der Waals surface area contributed by atoms with Crippen molar-refractivity contribution in [3.05, 3.63) is 64.3 Å². The fourth-order valence-corrected chi connectivity index (χ4v) is 2.38. The first kappa shape index (κ1) is 14.1. The highest BCUT2D eigenvalue weighted by molar-refractivity contribution is 6.42. The Labute approximate surface area is 131 Å². The van der Waals surface area contributed by atoms with Crippen LogP contribution < -0.4 is 4.74 Å². The predicted molar refractivity (Wildman–Crippen MR) is 84.2 cm³/mol. The van der Waals surface area contributed by atoms with Crippen molar-refractivity contribution in [2.45, 2.75) is 6.61 Å². The first-order chi connectivity index (χ1) is 10.2. The van der Waals surface area contributed by atoms with Crippen molar-refractivity contribution in [2.75, 3.05) is 0 Å². The molecule has 0 fully saturated rings. The van der Waals surface area contributed by atoms with Crippen LogP contribution in [-0.4, -0.2) is 10.1 Å². The Morgan fingerprint density at radius 3 is 2.67 bits per heavy atom. The molecule has 0 spiro atoms. The third-order valence-corrected chi connectivity index (χ3v) is 3.84. The van der Waals surface area contributed by atoms with Gasteiger partial charge in [0.15, 0.2) is 0 Å². The highest BCUT2D eigenvalue weighted by Crippen LogP contribution is 2.36. The molecule has 0 radical (unpaired) electrons. The summed E-state index contributed by atoms with van der Waals surface area (Å²) in [5, 5.41) is 11.8. The summed E-state index contributed by atoms with van der Waals surface area (Å²) in [5.74, 6) is 0.818. The molecule has 1 aromatic heterocycles. The number of aromatic nitrogens is 1. The van der Waals surface area contributed by atoms with E-state index in [0.717, 1.165) is 10.8 Å². The average Bonchev–Trinajstić information content (AvgIpc) is 2.51. The Balaban J connectivity index is 2.13. The Bertz CT molecular complexity index is 805. The van der Waals surface area contributed by atoms with Crippen molar-refractivity contribution in [2.24, 2.45) is 0 Å². The van der Waals surface area contributed by atoms with Gasteiger partial charge in [0.05, 0.1) is 17.3 Å². The van der Waals surface area contributed by atoms with Gasteiger partial charge in [-0.05, 0) is 29.7 Å². The number of aliphatic hydroxyl groups is 1. The van der Waals surface area contributed by atoms with E-state index in [-0.39, 0.29) is 6.61 Å². The summed E-state index contributed by atoms with van der Waals surface area (Å²) in [7, 11) is 0. The van der Waals surface area contributed by atoms with E-state index in [9.17, 15) is 5.11 Å². The second-order valence-corrected chi connectivity index (χ2v) is 5.24. The van der Waals surface area contributed by atoms with Gasteiger partial charge in [0, 0.05) is 5.39 Å². The van der Waals surface area contributed by atoms with Crippen molar-refractivity contribution >= 4 is 34.0 Å². The van der Waals surface area contributed by atoms with E-state index in [2.05, 4.69) is 4.98 Å². The fraction of sp³-hybridized carbons (Fsp3) is 0.0625. The molecule has 0 atom stereocenters. The minimum Gasteiger partial charge on any atom is -0.437 e. The normalized spacial score (nSPS) is 10.8. The van der Waals surface area contributed by atoms with E-state index in [4.69, 9.17) is 27.9 Å². The van der Waals surface area contributed by atoms with Gasteiger partial charge < -0.3 is 9.84 Å². The quantitative estimate of drug-likeness (QED) is 0.752. The number of fused-ring (bicyclic) bond motifs is 1. The molecule has 0 aliphatic heterocycles. The molecule has 0 bridgehead atoms. The molecule has 0 amide bonds. The van der Waals surface area contributed by atoms with Gasteiger partial charge in [-0.2, -0.15) is 0 Å². The Morgan fingerprint density at radius 1 is 1.05 bits per heavy atom. The molecule has 106 valence electrons. The Morgan fingerprint density at radius 2 is 1.86 bits per heavy atom. The van der Waals surface area contributed by atoms with Gasteiger partial charge >= 0.3 is 0 Å². The van der Waals surface area contributed by atoms with Crippen LogP contribution in [0.4, 0.5) is 0 Å². The minimum atomic E-state index is -0.162. The van der Waals surface area contributed by atoms with E-state index in [1.807, 2.05) is 30.3 Å². The monoisotopic (exact) mass is 319 g/mol. The number of ether oxygens (including phenoxy) is 1. The van der Waals surface area contributed by atoms with Crippen molar-refractivity contribution in [3.8, 4) is 11.6 Å². The second kappa shape index (κ2) is 5.90. The van der Waals surface area contributed by atoms with Crippen molar-refractivity contribution in [3.63, 3.8) is 0 Å². The van der Waals surface area contributed by atoms with Gasteiger partial charge in [0.1, 0.15) is 10.8 Å². The van der Waals surface area contributed by atoms with E-state index in [1.165, 1.54) is 0 Å². The highest BCUT2D eigenvalue weighted by Gasteiger charge is 2.11. The SMILES string of the molecule is OCc1cc2ccccc2c(Oc2cccc(Cl)c2Cl)n1. The number of pyridine rings is 1. The summed E-state index contributed by atoms with van der Waals surface area (Å²) in [5.41, 5.74) is 0.529. The molecule has 1 heterocycles. The Kier molecular flexibility index (Phi) is 3.97. The van der Waals surface area contributed by atoms with Crippen LogP contribution in [-0.2, 0) is 6.61 Å². The van der Waals surface area contributed by atoms with E-state index in [0.29, 0.717) is 27.4 Å². The average molecular weight is 320 g/mol. The van der Waals surface area contributed by atoms with Crippen LogP contribution in [0, 0.1) is 0 Å².